The lowest BCUT2D eigenvalue weighted by atomic mass is 10.0. The lowest BCUT2D eigenvalue weighted by molar-refractivity contribution is -0.150. The van der Waals surface area contributed by atoms with Gasteiger partial charge in [-0.3, -0.25) is 14.3 Å². The van der Waals surface area contributed by atoms with Crippen LogP contribution in [0.25, 0.3) is 27.3 Å². The fraction of sp³-hybridized carbons (Fsp3) is 0.345. The van der Waals surface area contributed by atoms with Gasteiger partial charge in [0.2, 0.25) is 0 Å². The zero-order valence-electron chi connectivity index (χ0n) is 23.8. The number of halogens is 3. The summed E-state index contributed by atoms with van der Waals surface area (Å²) in [4.78, 5) is 17.1. The van der Waals surface area contributed by atoms with Crippen LogP contribution in [0.2, 0.25) is 0 Å². The van der Waals surface area contributed by atoms with Crippen molar-refractivity contribution in [2.45, 2.75) is 60.7 Å². The van der Waals surface area contributed by atoms with Crippen LogP contribution in [0.5, 0.6) is 0 Å². The summed E-state index contributed by atoms with van der Waals surface area (Å²) >= 11 is 3.96. The van der Waals surface area contributed by atoms with Crippen LogP contribution < -0.4 is 5.32 Å². The molecule has 216 valence electrons. The number of nitrogens with zero attached hydrogens (tertiary/aromatic N) is 3. The molecule has 0 aliphatic carbocycles. The number of aryl methyl sites for hydroxylation is 3. The van der Waals surface area contributed by atoms with Gasteiger partial charge >= 0.3 is 6.18 Å². The molecule has 0 aliphatic heterocycles. The Bertz CT molecular complexity index is 1450. The minimum atomic E-state index is -4.10. The molecule has 4 rings (SSSR count). The Morgan fingerprint density at radius 2 is 1.73 bits per heavy atom. The Morgan fingerprint density at radius 1 is 1.12 bits per heavy atom. The predicted molar refractivity (Wildman–Crippen MR) is 161 cm³/mol. The fourth-order valence-corrected chi connectivity index (χ4v) is 4.46. The number of nitriles is 1. The van der Waals surface area contributed by atoms with E-state index in [0.717, 1.165) is 50.9 Å². The van der Waals surface area contributed by atoms with Gasteiger partial charge in [0.05, 0.1) is 27.3 Å². The summed E-state index contributed by atoms with van der Waals surface area (Å²) < 4.78 is 42.9. The molecule has 0 amide bonds. The highest BCUT2D eigenvalue weighted by Crippen LogP contribution is 2.38. The molecule has 0 radical (unpaired) electrons. The third-order valence-corrected chi connectivity index (χ3v) is 7.10. The Labute approximate surface area is 243 Å². The zero-order chi connectivity index (χ0) is 30.8. The van der Waals surface area contributed by atoms with E-state index in [0.29, 0.717) is 10.4 Å². The number of hydrogen-bond acceptors (Lipinski definition) is 7. The molecule has 11 heteroatoms. The van der Waals surface area contributed by atoms with Gasteiger partial charge < -0.3 is 9.87 Å². The maximum absolute atomic E-state index is 11.8. The minimum Gasteiger partial charge on any atom is -0.333 e. The smallest absolute Gasteiger partial charge is 0.333 e. The van der Waals surface area contributed by atoms with E-state index in [2.05, 4.69) is 59.8 Å². The van der Waals surface area contributed by atoms with Crippen molar-refractivity contribution < 1.29 is 22.5 Å². The summed E-state index contributed by atoms with van der Waals surface area (Å²) in [6, 6.07) is 12.9. The number of benzene rings is 1. The fourth-order valence-electron chi connectivity index (χ4n) is 3.54. The van der Waals surface area contributed by atoms with Gasteiger partial charge in [-0.05, 0) is 102 Å². The van der Waals surface area contributed by atoms with Crippen molar-refractivity contribution in [3.8, 4) is 22.5 Å². The van der Waals surface area contributed by atoms with Gasteiger partial charge in [-0.15, -0.1) is 11.3 Å². The van der Waals surface area contributed by atoms with Crippen LogP contribution in [-0.4, -0.2) is 39.2 Å². The van der Waals surface area contributed by atoms with Crippen LogP contribution in [0.15, 0.2) is 42.6 Å². The second kappa shape index (κ2) is 15.6. The number of carbonyl (C=O) groups excluding carboxylic acids is 1. The van der Waals surface area contributed by atoms with Crippen LogP contribution in [0.3, 0.4) is 0 Å². The Hall–Kier alpha value is -3.17. The quantitative estimate of drug-likeness (QED) is 0.126. The van der Waals surface area contributed by atoms with Crippen LogP contribution >= 0.6 is 24.2 Å². The van der Waals surface area contributed by atoms with Gasteiger partial charge in [-0.25, -0.2) is 0 Å². The third-order valence-electron chi connectivity index (χ3n) is 5.93. The number of ketones is 1. The van der Waals surface area contributed by atoms with E-state index in [-0.39, 0.29) is 5.78 Å². The molecule has 0 fully saturated rings. The molecule has 0 spiro atoms. The van der Waals surface area contributed by atoms with Crippen LogP contribution in [-0.2, 0) is 0 Å². The molecule has 3 aromatic heterocycles. The average Bonchev–Trinajstić information content (AvgIpc) is 3.54. The minimum absolute atomic E-state index is 0.0373. The number of thiophene rings is 1. The molecule has 0 saturated carbocycles. The van der Waals surface area contributed by atoms with E-state index in [1.54, 1.807) is 6.92 Å². The highest BCUT2D eigenvalue weighted by atomic mass is 32.1. The monoisotopic (exact) mass is 592 g/mol. The number of rotatable bonds is 4. The van der Waals surface area contributed by atoms with E-state index in [4.69, 9.17) is 4.55 Å². The molecular formula is C29H35F3N4O2S2. The molecule has 2 N–H and O–H groups in total. The summed E-state index contributed by atoms with van der Waals surface area (Å²) in [6.45, 7) is 12.7. The second-order valence-electron chi connectivity index (χ2n) is 8.59. The number of aromatic nitrogens is 2. The van der Waals surface area contributed by atoms with Gasteiger partial charge in [0.25, 0.3) is 0 Å². The highest BCUT2D eigenvalue weighted by molar-refractivity contribution is 7.74. The number of thiol groups is 1. The van der Waals surface area contributed by atoms with E-state index >= 15 is 0 Å². The van der Waals surface area contributed by atoms with Crippen LogP contribution in [0.4, 0.5) is 13.2 Å². The second-order valence-corrected chi connectivity index (χ2v) is 9.65. The number of alkyl halides is 3. The Kier molecular flexibility index (Phi) is 13.6. The first-order valence-electron chi connectivity index (χ1n) is 12.4. The Balaban J connectivity index is 0.000000571. The van der Waals surface area contributed by atoms with Crippen molar-refractivity contribution in [1.29, 1.82) is 5.26 Å². The Morgan fingerprint density at radius 3 is 2.15 bits per heavy atom. The lowest BCUT2D eigenvalue weighted by Crippen LogP contribution is -2.36. The summed E-state index contributed by atoms with van der Waals surface area (Å²) in [5.41, 5.74) is 6.42. The first kappa shape index (κ1) is 34.9. The topological polar surface area (TPSA) is 90.9 Å². The van der Waals surface area contributed by atoms with Gasteiger partial charge in [-0.2, -0.15) is 18.4 Å². The molecule has 0 aliphatic rings. The largest absolute Gasteiger partial charge is 0.403 e. The summed E-state index contributed by atoms with van der Waals surface area (Å²) in [6.07, 6.45) is -2.29. The number of Topliss-reactive ketones (excluding diaryl/α,β-unsaturated/α-hetero) is 1. The lowest BCUT2D eigenvalue weighted by Gasteiger charge is -2.13. The molecule has 0 bridgehead atoms. The van der Waals surface area contributed by atoms with Crippen LogP contribution in [0, 0.1) is 32.1 Å². The molecule has 1 atom stereocenters. The number of carbonyl (C=O) groups is 1. The number of fused-ring (bicyclic) bond motifs is 1. The number of hydrogen-bond donors (Lipinski definition) is 3. The maximum Gasteiger partial charge on any atom is 0.403 e. The van der Waals surface area contributed by atoms with E-state index < -0.39 is 12.2 Å². The summed E-state index contributed by atoms with van der Waals surface area (Å²) in [5, 5.41) is 13.9. The zero-order valence-corrected chi connectivity index (χ0v) is 25.5. The van der Waals surface area contributed by atoms with Gasteiger partial charge in [-0.1, -0.05) is 19.9 Å². The molecule has 0 saturated heterocycles. The molecule has 4 aromatic rings. The SMILES string of the molecule is CC.CC(=O)c1ccc(-n2c(-c3ccc(C)cn3)c(C#N)c3cc(C)c(C)cc32)s1.CNC(C)C(F)(F)F.OS. The molecule has 40 heavy (non-hydrogen) atoms. The van der Waals surface area contributed by atoms with Gasteiger partial charge in [0, 0.05) is 11.6 Å². The average molecular weight is 593 g/mol. The van der Waals surface area contributed by atoms with Gasteiger partial charge in [0.1, 0.15) is 17.1 Å². The van der Waals surface area contributed by atoms with Crippen molar-refractivity contribution in [3.05, 3.63) is 69.7 Å². The van der Waals surface area contributed by atoms with E-state index in [1.165, 1.54) is 18.4 Å². The highest BCUT2D eigenvalue weighted by Gasteiger charge is 2.34. The van der Waals surface area contributed by atoms with Crippen LogP contribution in [0.1, 0.15) is 59.6 Å². The molecule has 6 nitrogen and oxygen atoms in total. The third kappa shape index (κ3) is 8.17. The van der Waals surface area contributed by atoms with E-state index in [1.807, 2.05) is 51.2 Å². The first-order valence-corrected chi connectivity index (χ1v) is 13.6. The van der Waals surface area contributed by atoms with Crippen molar-refractivity contribution in [3.63, 3.8) is 0 Å². The van der Waals surface area contributed by atoms with Crippen molar-refractivity contribution in [2.75, 3.05) is 7.05 Å². The predicted octanol–water partition coefficient (Wildman–Crippen LogP) is 8.33. The van der Waals surface area contributed by atoms with E-state index in [9.17, 15) is 23.2 Å². The summed E-state index contributed by atoms with van der Waals surface area (Å²) in [5.74, 6) is 0.0373. The normalized spacial score (nSPS) is 11.2. The number of pyridine rings is 1. The number of nitrogens with one attached hydrogen (secondary N) is 1. The van der Waals surface area contributed by atoms with Crippen molar-refractivity contribution in [1.82, 2.24) is 14.9 Å². The summed E-state index contributed by atoms with van der Waals surface area (Å²) in [7, 11) is 1.28. The maximum atomic E-state index is 11.8. The van der Waals surface area contributed by atoms with Crippen molar-refractivity contribution in [2.24, 2.45) is 0 Å². The molecule has 1 aromatic carbocycles. The van der Waals surface area contributed by atoms with Gasteiger partial charge in [0.15, 0.2) is 5.78 Å². The van der Waals surface area contributed by atoms with Crippen molar-refractivity contribution >= 4 is 40.9 Å². The molecule has 1 unspecified atom stereocenters. The standard InChI is InChI=1S/C23H19N3OS.C4H8F3N.C2H6.H2OS/c1-13-5-6-19(25-12-13)23-18(11-24)17-9-14(2)15(3)10-20(17)26(23)22-8-7-21(28-22)16(4)27;1-3(8-2)4(5,6)7;2*1-2/h5-10,12H,1-4H3;3,8H,1-2H3;1-2H3;1-2H. The molecular weight excluding hydrogens is 557 g/mol. The first-order chi connectivity index (χ1) is 18.9. The molecule has 3 heterocycles.